The molecular formula is C14H18N2O4. The van der Waals surface area contributed by atoms with E-state index in [1.807, 2.05) is 6.07 Å². The fourth-order valence-electron chi connectivity index (χ4n) is 1.73. The summed E-state index contributed by atoms with van der Waals surface area (Å²) in [6.45, 7) is 1.36. The molecule has 0 aromatic heterocycles. The summed E-state index contributed by atoms with van der Waals surface area (Å²) in [5.74, 6) is -2.21. The van der Waals surface area contributed by atoms with Crippen molar-refractivity contribution in [2.24, 2.45) is 5.73 Å². The van der Waals surface area contributed by atoms with Gasteiger partial charge >= 0.3 is 5.97 Å². The van der Waals surface area contributed by atoms with Crippen LogP contribution in [-0.2, 0) is 20.8 Å². The number of primary amides is 1. The molecule has 2 amide bonds. The second-order valence-corrected chi connectivity index (χ2v) is 4.81. The summed E-state index contributed by atoms with van der Waals surface area (Å²) in [6, 6.07) is 8.98. The molecule has 0 aliphatic heterocycles. The second kappa shape index (κ2) is 6.70. The number of carboxylic acid groups (broad SMARTS) is 1. The smallest absolute Gasteiger partial charge is 0.329 e. The van der Waals surface area contributed by atoms with Crippen LogP contribution in [0.2, 0.25) is 0 Å². The highest BCUT2D eigenvalue weighted by Crippen LogP contribution is 2.13. The molecule has 108 valence electrons. The number of carboxylic acids is 1. The van der Waals surface area contributed by atoms with Gasteiger partial charge in [0.1, 0.15) is 5.54 Å². The minimum atomic E-state index is -1.50. The number of amides is 2. The molecule has 0 fully saturated rings. The van der Waals surface area contributed by atoms with Crippen molar-refractivity contribution in [1.29, 1.82) is 0 Å². The van der Waals surface area contributed by atoms with Crippen LogP contribution in [0.15, 0.2) is 30.3 Å². The van der Waals surface area contributed by atoms with Gasteiger partial charge < -0.3 is 16.2 Å². The van der Waals surface area contributed by atoms with Crippen molar-refractivity contribution >= 4 is 17.8 Å². The molecule has 0 radical (unpaired) electrons. The predicted octanol–water partition coefficient (Wildman–Crippen LogP) is 0.454. The molecule has 1 rings (SSSR count). The number of rotatable bonds is 7. The Labute approximate surface area is 117 Å². The fraction of sp³-hybridized carbons (Fsp3) is 0.357. The van der Waals surface area contributed by atoms with E-state index in [2.05, 4.69) is 5.32 Å². The van der Waals surface area contributed by atoms with E-state index in [4.69, 9.17) is 5.73 Å². The minimum Gasteiger partial charge on any atom is -0.480 e. The molecule has 0 aliphatic carbocycles. The van der Waals surface area contributed by atoms with E-state index < -0.39 is 23.3 Å². The van der Waals surface area contributed by atoms with Gasteiger partial charge in [0, 0.05) is 6.42 Å². The quantitative estimate of drug-likeness (QED) is 0.672. The third-order valence-electron chi connectivity index (χ3n) is 2.97. The summed E-state index contributed by atoms with van der Waals surface area (Å²) in [5, 5.41) is 11.6. The molecule has 0 unspecified atom stereocenters. The topological polar surface area (TPSA) is 109 Å². The van der Waals surface area contributed by atoms with Gasteiger partial charge in [0.25, 0.3) is 0 Å². The van der Waals surface area contributed by atoms with E-state index in [9.17, 15) is 19.5 Å². The summed E-state index contributed by atoms with van der Waals surface area (Å²) in [5.41, 5.74) is 4.30. The van der Waals surface area contributed by atoms with Crippen LogP contribution < -0.4 is 11.1 Å². The third kappa shape index (κ3) is 4.72. The lowest BCUT2D eigenvalue weighted by atomic mass is 9.95. The molecule has 0 aliphatic rings. The molecule has 0 spiro atoms. The summed E-state index contributed by atoms with van der Waals surface area (Å²) in [6.07, 6.45) is -0.0626. The number of hydrogen-bond acceptors (Lipinski definition) is 3. The Balaban J connectivity index is 2.68. The average Bonchev–Trinajstić information content (AvgIpc) is 2.37. The van der Waals surface area contributed by atoms with Crippen LogP contribution in [0.25, 0.3) is 0 Å². The predicted molar refractivity (Wildman–Crippen MR) is 72.8 cm³/mol. The van der Waals surface area contributed by atoms with Gasteiger partial charge in [0.15, 0.2) is 0 Å². The Hall–Kier alpha value is -2.37. The number of carbonyl (C=O) groups is 3. The van der Waals surface area contributed by atoms with Crippen LogP contribution in [0, 0.1) is 0 Å². The number of nitrogens with two attached hydrogens (primary N) is 1. The van der Waals surface area contributed by atoms with Gasteiger partial charge in [-0.2, -0.15) is 0 Å². The summed E-state index contributed by atoms with van der Waals surface area (Å²) in [4.78, 5) is 33.9. The first-order valence-electron chi connectivity index (χ1n) is 6.20. The number of carbonyl (C=O) groups excluding carboxylic acids is 2. The molecule has 1 aromatic carbocycles. The SMILES string of the molecule is C[C@@](CCC(N)=O)(NC(=O)Cc1ccccc1)C(=O)O. The van der Waals surface area contributed by atoms with Gasteiger partial charge in [-0.05, 0) is 18.9 Å². The van der Waals surface area contributed by atoms with Crippen molar-refractivity contribution in [3.63, 3.8) is 0 Å². The molecule has 4 N–H and O–H groups in total. The molecular weight excluding hydrogens is 260 g/mol. The fourth-order valence-corrected chi connectivity index (χ4v) is 1.73. The van der Waals surface area contributed by atoms with E-state index in [1.54, 1.807) is 24.3 Å². The van der Waals surface area contributed by atoms with E-state index in [0.29, 0.717) is 0 Å². The van der Waals surface area contributed by atoms with Crippen molar-refractivity contribution in [1.82, 2.24) is 5.32 Å². The standard InChI is InChI=1S/C14H18N2O4/c1-14(13(19)20,8-7-11(15)17)16-12(18)9-10-5-3-2-4-6-10/h2-6H,7-9H2,1H3,(H2,15,17)(H,16,18)(H,19,20)/t14-/m0/s1. The van der Waals surface area contributed by atoms with Crippen LogP contribution in [0.5, 0.6) is 0 Å². The Bertz CT molecular complexity index is 501. The molecule has 1 atom stereocenters. The largest absolute Gasteiger partial charge is 0.480 e. The first-order chi connectivity index (χ1) is 9.33. The molecule has 1 aromatic rings. The Kier molecular flexibility index (Phi) is 5.25. The molecule has 0 saturated heterocycles. The molecule has 0 bridgehead atoms. The van der Waals surface area contributed by atoms with Crippen molar-refractivity contribution < 1.29 is 19.5 Å². The van der Waals surface area contributed by atoms with Gasteiger partial charge in [0.05, 0.1) is 6.42 Å². The summed E-state index contributed by atoms with van der Waals surface area (Å²) < 4.78 is 0. The second-order valence-electron chi connectivity index (χ2n) is 4.81. The highest BCUT2D eigenvalue weighted by Gasteiger charge is 2.34. The first-order valence-corrected chi connectivity index (χ1v) is 6.20. The monoisotopic (exact) mass is 278 g/mol. The van der Waals surface area contributed by atoms with Crippen LogP contribution in [0.4, 0.5) is 0 Å². The molecule has 20 heavy (non-hydrogen) atoms. The Morgan fingerprint density at radius 1 is 1.25 bits per heavy atom. The zero-order valence-corrected chi connectivity index (χ0v) is 11.3. The van der Waals surface area contributed by atoms with Gasteiger partial charge in [-0.3, -0.25) is 9.59 Å². The first kappa shape index (κ1) is 15.7. The molecule has 0 heterocycles. The van der Waals surface area contributed by atoms with E-state index >= 15 is 0 Å². The maximum atomic E-state index is 11.9. The maximum Gasteiger partial charge on any atom is 0.329 e. The van der Waals surface area contributed by atoms with Crippen molar-refractivity contribution in [2.75, 3.05) is 0 Å². The third-order valence-corrected chi connectivity index (χ3v) is 2.97. The lowest BCUT2D eigenvalue weighted by Crippen LogP contribution is -2.53. The summed E-state index contributed by atoms with van der Waals surface area (Å²) >= 11 is 0. The van der Waals surface area contributed by atoms with Crippen molar-refractivity contribution in [2.45, 2.75) is 31.7 Å². The van der Waals surface area contributed by atoms with Gasteiger partial charge in [-0.1, -0.05) is 30.3 Å². The van der Waals surface area contributed by atoms with E-state index in [-0.39, 0.29) is 19.3 Å². The normalized spacial score (nSPS) is 13.2. The highest BCUT2D eigenvalue weighted by molar-refractivity contribution is 5.88. The minimum absolute atomic E-state index is 0.0435. The molecule has 0 saturated carbocycles. The molecule has 6 heteroatoms. The zero-order valence-electron chi connectivity index (χ0n) is 11.3. The number of aliphatic carboxylic acids is 1. The van der Waals surface area contributed by atoms with E-state index in [0.717, 1.165) is 5.56 Å². The Morgan fingerprint density at radius 2 is 1.85 bits per heavy atom. The zero-order chi connectivity index (χ0) is 15.2. The number of benzene rings is 1. The van der Waals surface area contributed by atoms with Gasteiger partial charge in [-0.15, -0.1) is 0 Å². The van der Waals surface area contributed by atoms with E-state index in [1.165, 1.54) is 6.92 Å². The maximum absolute atomic E-state index is 11.9. The Morgan fingerprint density at radius 3 is 2.35 bits per heavy atom. The van der Waals surface area contributed by atoms with Crippen LogP contribution in [0.1, 0.15) is 25.3 Å². The number of nitrogens with one attached hydrogen (secondary N) is 1. The van der Waals surface area contributed by atoms with Crippen molar-refractivity contribution in [3.05, 3.63) is 35.9 Å². The summed E-state index contributed by atoms with van der Waals surface area (Å²) in [7, 11) is 0. The van der Waals surface area contributed by atoms with Crippen molar-refractivity contribution in [3.8, 4) is 0 Å². The average molecular weight is 278 g/mol. The lowest BCUT2D eigenvalue weighted by molar-refractivity contribution is -0.147. The van der Waals surface area contributed by atoms with Crippen LogP contribution in [-0.4, -0.2) is 28.4 Å². The van der Waals surface area contributed by atoms with Gasteiger partial charge in [0.2, 0.25) is 11.8 Å². The van der Waals surface area contributed by atoms with Crippen LogP contribution >= 0.6 is 0 Å². The van der Waals surface area contributed by atoms with Gasteiger partial charge in [-0.25, -0.2) is 4.79 Å². The lowest BCUT2D eigenvalue weighted by Gasteiger charge is -2.25. The van der Waals surface area contributed by atoms with Crippen LogP contribution in [0.3, 0.4) is 0 Å². The molecule has 6 nitrogen and oxygen atoms in total. The number of hydrogen-bond donors (Lipinski definition) is 3. The highest BCUT2D eigenvalue weighted by atomic mass is 16.4.